The van der Waals surface area contributed by atoms with Gasteiger partial charge < -0.3 is 5.73 Å². The Morgan fingerprint density at radius 3 is 2.59 bits per heavy atom. The summed E-state index contributed by atoms with van der Waals surface area (Å²) in [4.78, 5) is 2.55. The second kappa shape index (κ2) is 6.77. The molecule has 0 aromatic heterocycles. The SMILES string of the molecule is NCCCCc1cccc(CN2CCCC2)c1. The van der Waals surface area contributed by atoms with Crippen molar-refractivity contribution >= 4 is 0 Å². The molecule has 0 spiro atoms. The minimum Gasteiger partial charge on any atom is -0.330 e. The Morgan fingerprint density at radius 2 is 1.82 bits per heavy atom. The van der Waals surface area contributed by atoms with E-state index >= 15 is 0 Å². The van der Waals surface area contributed by atoms with E-state index < -0.39 is 0 Å². The van der Waals surface area contributed by atoms with Crippen molar-refractivity contribution in [3.8, 4) is 0 Å². The van der Waals surface area contributed by atoms with Gasteiger partial charge in [0.1, 0.15) is 0 Å². The maximum Gasteiger partial charge on any atom is 0.0233 e. The van der Waals surface area contributed by atoms with E-state index in [9.17, 15) is 0 Å². The molecule has 1 fully saturated rings. The van der Waals surface area contributed by atoms with Gasteiger partial charge in [0.05, 0.1) is 0 Å². The molecule has 0 aliphatic carbocycles. The van der Waals surface area contributed by atoms with Gasteiger partial charge in [-0.25, -0.2) is 0 Å². The maximum atomic E-state index is 5.52. The molecule has 2 N–H and O–H groups in total. The van der Waals surface area contributed by atoms with Gasteiger partial charge in [0.25, 0.3) is 0 Å². The van der Waals surface area contributed by atoms with Crippen LogP contribution in [0.1, 0.15) is 36.8 Å². The molecule has 0 atom stereocenters. The number of rotatable bonds is 6. The summed E-state index contributed by atoms with van der Waals surface area (Å²) in [6.45, 7) is 4.49. The average molecular weight is 232 g/mol. The lowest BCUT2D eigenvalue weighted by atomic mass is 10.0. The molecule has 0 bridgehead atoms. The molecule has 1 aromatic carbocycles. The lowest BCUT2D eigenvalue weighted by Crippen LogP contribution is -2.18. The third-order valence-corrected chi connectivity index (χ3v) is 3.52. The Morgan fingerprint density at radius 1 is 1.06 bits per heavy atom. The van der Waals surface area contributed by atoms with Crippen molar-refractivity contribution in [1.29, 1.82) is 0 Å². The molecular weight excluding hydrogens is 208 g/mol. The van der Waals surface area contributed by atoms with Gasteiger partial charge >= 0.3 is 0 Å². The van der Waals surface area contributed by atoms with E-state index in [-0.39, 0.29) is 0 Å². The predicted molar refractivity (Wildman–Crippen MR) is 72.9 cm³/mol. The second-order valence-corrected chi connectivity index (χ2v) is 5.05. The molecule has 2 nitrogen and oxygen atoms in total. The maximum absolute atomic E-state index is 5.52. The molecule has 0 unspecified atom stereocenters. The third-order valence-electron chi connectivity index (χ3n) is 3.52. The topological polar surface area (TPSA) is 29.3 Å². The van der Waals surface area contributed by atoms with Gasteiger partial charge in [-0.15, -0.1) is 0 Å². The van der Waals surface area contributed by atoms with E-state index in [1.54, 1.807) is 0 Å². The quantitative estimate of drug-likeness (QED) is 0.764. The van der Waals surface area contributed by atoms with Gasteiger partial charge in [0.15, 0.2) is 0 Å². The number of nitrogens with two attached hydrogens (primary N) is 1. The summed E-state index contributed by atoms with van der Waals surface area (Å²) in [5.74, 6) is 0. The highest BCUT2D eigenvalue weighted by Crippen LogP contribution is 2.14. The molecule has 1 aromatic rings. The van der Waals surface area contributed by atoms with Crippen molar-refractivity contribution in [3.05, 3.63) is 35.4 Å². The Labute approximate surface area is 105 Å². The monoisotopic (exact) mass is 232 g/mol. The summed E-state index contributed by atoms with van der Waals surface area (Å²) >= 11 is 0. The average Bonchev–Trinajstić information content (AvgIpc) is 2.83. The Balaban J connectivity index is 1.86. The molecule has 94 valence electrons. The standard InChI is InChI=1S/C15H24N2/c16-9-2-1-6-14-7-5-8-15(12-14)13-17-10-3-4-11-17/h5,7-8,12H,1-4,6,9-11,13,16H2. The van der Waals surface area contributed by atoms with Crippen LogP contribution in [-0.2, 0) is 13.0 Å². The Kier molecular flexibility index (Phi) is 5.02. The first-order valence-electron chi connectivity index (χ1n) is 6.89. The highest BCUT2D eigenvalue weighted by atomic mass is 15.1. The van der Waals surface area contributed by atoms with E-state index in [4.69, 9.17) is 5.73 Å². The molecule has 0 amide bonds. The minimum absolute atomic E-state index is 0.813. The Bertz CT molecular complexity index is 329. The van der Waals surface area contributed by atoms with Gasteiger partial charge in [-0.1, -0.05) is 24.3 Å². The highest BCUT2D eigenvalue weighted by Gasteiger charge is 2.11. The molecule has 1 aliphatic heterocycles. The number of hydrogen-bond donors (Lipinski definition) is 1. The number of likely N-dealkylation sites (tertiary alicyclic amines) is 1. The first-order valence-corrected chi connectivity index (χ1v) is 6.89. The number of nitrogens with zero attached hydrogens (tertiary/aromatic N) is 1. The lowest BCUT2D eigenvalue weighted by Gasteiger charge is -2.15. The van der Waals surface area contributed by atoms with Crippen molar-refractivity contribution < 1.29 is 0 Å². The van der Waals surface area contributed by atoms with Gasteiger partial charge in [0, 0.05) is 6.54 Å². The zero-order valence-electron chi connectivity index (χ0n) is 10.7. The first kappa shape index (κ1) is 12.6. The molecular formula is C15H24N2. The molecule has 17 heavy (non-hydrogen) atoms. The lowest BCUT2D eigenvalue weighted by molar-refractivity contribution is 0.331. The van der Waals surface area contributed by atoms with E-state index in [0.717, 1.165) is 19.5 Å². The number of benzene rings is 1. The summed E-state index contributed by atoms with van der Waals surface area (Å²) in [5.41, 5.74) is 8.46. The smallest absolute Gasteiger partial charge is 0.0233 e. The van der Waals surface area contributed by atoms with Crippen LogP contribution in [0.4, 0.5) is 0 Å². The molecule has 0 radical (unpaired) electrons. The third kappa shape index (κ3) is 4.14. The van der Waals surface area contributed by atoms with E-state index in [1.165, 1.54) is 49.9 Å². The second-order valence-electron chi connectivity index (χ2n) is 5.05. The van der Waals surface area contributed by atoms with E-state index in [1.807, 2.05) is 0 Å². The summed E-state index contributed by atoms with van der Waals surface area (Å²) < 4.78 is 0. The van der Waals surface area contributed by atoms with Crippen LogP contribution in [0, 0.1) is 0 Å². The van der Waals surface area contributed by atoms with Gasteiger partial charge in [-0.2, -0.15) is 0 Å². The largest absolute Gasteiger partial charge is 0.330 e. The fraction of sp³-hybridized carbons (Fsp3) is 0.600. The minimum atomic E-state index is 0.813. The molecule has 1 aliphatic rings. The number of hydrogen-bond acceptors (Lipinski definition) is 2. The fourth-order valence-corrected chi connectivity index (χ4v) is 2.56. The van der Waals surface area contributed by atoms with Crippen LogP contribution in [0.2, 0.25) is 0 Å². The van der Waals surface area contributed by atoms with Crippen LogP contribution in [0.3, 0.4) is 0 Å². The summed E-state index contributed by atoms with van der Waals surface area (Å²) in [7, 11) is 0. The fourth-order valence-electron chi connectivity index (χ4n) is 2.56. The van der Waals surface area contributed by atoms with Crippen molar-refractivity contribution in [2.45, 2.75) is 38.6 Å². The van der Waals surface area contributed by atoms with Crippen LogP contribution in [-0.4, -0.2) is 24.5 Å². The molecule has 0 saturated carbocycles. The van der Waals surface area contributed by atoms with Gasteiger partial charge in [-0.3, -0.25) is 4.90 Å². The Hall–Kier alpha value is -0.860. The first-order chi connectivity index (χ1) is 8.38. The zero-order chi connectivity index (χ0) is 11.9. The molecule has 2 heteroatoms. The molecule has 1 saturated heterocycles. The van der Waals surface area contributed by atoms with Gasteiger partial charge in [0.2, 0.25) is 0 Å². The zero-order valence-corrected chi connectivity index (χ0v) is 10.7. The molecule has 2 rings (SSSR count). The summed E-state index contributed by atoms with van der Waals surface area (Å²) in [6, 6.07) is 9.06. The van der Waals surface area contributed by atoms with Crippen LogP contribution >= 0.6 is 0 Å². The van der Waals surface area contributed by atoms with Crippen LogP contribution in [0.15, 0.2) is 24.3 Å². The molecule has 1 heterocycles. The van der Waals surface area contributed by atoms with Gasteiger partial charge in [-0.05, 0) is 62.9 Å². The van der Waals surface area contributed by atoms with Crippen LogP contribution < -0.4 is 5.73 Å². The summed E-state index contributed by atoms with van der Waals surface area (Å²) in [6.07, 6.45) is 6.26. The summed E-state index contributed by atoms with van der Waals surface area (Å²) in [5, 5.41) is 0. The van der Waals surface area contributed by atoms with Crippen LogP contribution in [0.25, 0.3) is 0 Å². The van der Waals surface area contributed by atoms with Crippen molar-refractivity contribution in [2.75, 3.05) is 19.6 Å². The van der Waals surface area contributed by atoms with Crippen molar-refractivity contribution in [3.63, 3.8) is 0 Å². The van der Waals surface area contributed by atoms with E-state index in [2.05, 4.69) is 29.2 Å². The number of aryl methyl sites for hydroxylation is 1. The van der Waals surface area contributed by atoms with Crippen molar-refractivity contribution in [2.24, 2.45) is 5.73 Å². The predicted octanol–water partition coefficient (Wildman–Crippen LogP) is 2.56. The van der Waals surface area contributed by atoms with Crippen LogP contribution in [0.5, 0.6) is 0 Å². The van der Waals surface area contributed by atoms with Crippen molar-refractivity contribution in [1.82, 2.24) is 4.90 Å². The normalized spacial score (nSPS) is 16.5. The number of unbranched alkanes of at least 4 members (excludes halogenated alkanes) is 1. The highest BCUT2D eigenvalue weighted by molar-refractivity contribution is 5.23. The van der Waals surface area contributed by atoms with E-state index in [0.29, 0.717) is 0 Å².